The van der Waals surface area contributed by atoms with E-state index in [9.17, 15) is 4.79 Å². The molecule has 0 aromatic carbocycles. The van der Waals surface area contributed by atoms with Gasteiger partial charge >= 0.3 is 0 Å². The zero-order chi connectivity index (χ0) is 7.98. The largest absolute Gasteiger partial charge is 0.343 e. The van der Waals surface area contributed by atoms with Crippen molar-refractivity contribution in [2.24, 2.45) is 0 Å². The van der Waals surface area contributed by atoms with Crippen molar-refractivity contribution in [3.8, 4) is 11.8 Å². The van der Waals surface area contributed by atoms with Crippen molar-refractivity contribution in [3.05, 3.63) is 0 Å². The molecule has 0 bridgehead atoms. The molecule has 0 aromatic heterocycles. The molecule has 0 aliphatic heterocycles. The van der Waals surface area contributed by atoms with Crippen LogP contribution in [0.3, 0.4) is 0 Å². The number of amides is 1. The van der Waals surface area contributed by atoms with Gasteiger partial charge in [0.1, 0.15) is 0 Å². The summed E-state index contributed by atoms with van der Waals surface area (Å²) in [5.41, 5.74) is 0. The highest BCUT2D eigenvalue weighted by atomic mass is 16.1. The quantitative estimate of drug-likeness (QED) is 0.538. The van der Waals surface area contributed by atoms with Crippen LogP contribution >= 0.6 is 0 Å². The van der Waals surface area contributed by atoms with Crippen molar-refractivity contribution in [2.75, 3.05) is 0 Å². The summed E-state index contributed by atoms with van der Waals surface area (Å²) in [5, 5.41) is 2.66. The van der Waals surface area contributed by atoms with Crippen LogP contribution < -0.4 is 5.32 Å². The van der Waals surface area contributed by atoms with Crippen LogP contribution in [0.1, 0.15) is 27.2 Å². The number of hydrogen-bond donors (Lipinski definition) is 1. The topological polar surface area (TPSA) is 29.1 Å². The van der Waals surface area contributed by atoms with Gasteiger partial charge in [0.25, 0.3) is 0 Å². The lowest BCUT2D eigenvalue weighted by molar-refractivity contribution is -0.119. The Hall–Kier alpha value is -0.970. The van der Waals surface area contributed by atoms with E-state index in [0.29, 0.717) is 0 Å². The van der Waals surface area contributed by atoms with Crippen LogP contribution in [0.2, 0.25) is 0 Å². The molecule has 1 N–H and O–H groups in total. The Morgan fingerprint density at radius 3 is 2.70 bits per heavy atom. The van der Waals surface area contributed by atoms with Crippen molar-refractivity contribution in [1.29, 1.82) is 0 Å². The number of carbonyl (C=O) groups is 1. The molecular weight excluding hydrogens is 126 g/mol. The molecule has 1 atom stereocenters. The first-order chi connectivity index (χ1) is 4.66. The highest BCUT2D eigenvalue weighted by Crippen LogP contribution is 1.78. The van der Waals surface area contributed by atoms with Gasteiger partial charge in [-0.3, -0.25) is 4.79 Å². The van der Waals surface area contributed by atoms with E-state index in [1.165, 1.54) is 6.92 Å². The SMILES string of the molecule is CCC#CC(C)NC(C)=O. The van der Waals surface area contributed by atoms with E-state index >= 15 is 0 Å². The van der Waals surface area contributed by atoms with E-state index in [-0.39, 0.29) is 11.9 Å². The molecule has 1 amide bonds. The number of hydrogen-bond acceptors (Lipinski definition) is 1. The maximum atomic E-state index is 10.4. The average molecular weight is 139 g/mol. The first-order valence-electron chi connectivity index (χ1n) is 3.42. The van der Waals surface area contributed by atoms with E-state index in [4.69, 9.17) is 0 Å². The van der Waals surface area contributed by atoms with E-state index in [2.05, 4.69) is 17.2 Å². The lowest BCUT2D eigenvalue weighted by Gasteiger charge is -2.02. The first kappa shape index (κ1) is 9.03. The number of nitrogens with one attached hydrogen (secondary N) is 1. The van der Waals surface area contributed by atoms with E-state index < -0.39 is 0 Å². The minimum atomic E-state index is -0.0297. The molecule has 10 heavy (non-hydrogen) atoms. The molecule has 0 heterocycles. The predicted octanol–water partition coefficient (Wildman–Crippen LogP) is 0.924. The van der Waals surface area contributed by atoms with Gasteiger partial charge in [-0.2, -0.15) is 0 Å². The van der Waals surface area contributed by atoms with Crippen LogP contribution in [0.25, 0.3) is 0 Å². The molecule has 2 nitrogen and oxygen atoms in total. The standard InChI is InChI=1S/C8H13NO/c1-4-5-6-7(2)9-8(3)10/h7H,4H2,1-3H3,(H,9,10). The average Bonchev–Trinajstić information content (AvgIpc) is 1.82. The molecule has 2 heteroatoms. The van der Waals surface area contributed by atoms with Crippen LogP contribution in [-0.4, -0.2) is 11.9 Å². The third kappa shape index (κ3) is 5.17. The summed E-state index contributed by atoms with van der Waals surface area (Å²) >= 11 is 0. The van der Waals surface area contributed by atoms with Gasteiger partial charge in [0.05, 0.1) is 6.04 Å². The molecule has 0 rings (SSSR count). The summed E-state index contributed by atoms with van der Waals surface area (Å²) in [6, 6.07) is -0.0163. The van der Waals surface area contributed by atoms with Gasteiger partial charge in [0, 0.05) is 13.3 Å². The van der Waals surface area contributed by atoms with Crippen LogP contribution in [0.5, 0.6) is 0 Å². The molecule has 0 fully saturated rings. The van der Waals surface area contributed by atoms with Gasteiger partial charge < -0.3 is 5.32 Å². The lowest BCUT2D eigenvalue weighted by Crippen LogP contribution is -2.28. The zero-order valence-electron chi connectivity index (χ0n) is 6.69. The molecule has 0 saturated carbocycles. The van der Waals surface area contributed by atoms with Gasteiger partial charge in [-0.1, -0.05) is 12.8 Å². The molecule has 1 unspecified atom stereocenters. The minimum Gasteiger partial charge on any atom is -0.343 e. The van der Waals surface area contributed by atoms with Gasteiger partial charge in [-0.25, -0.2) is 0 Å². The second-order valence-corrected chi connectivity index (χ2v) is 2.10. The molecule has 0 spiro atoms. The Bertz CT molecular complexity index is 164. The molecule has 0 aliphatic carbocycles. The van der Waals surface area contributed by atoms with Crippen LogP contribution in [0, 0.1) is 11.8 Å². The van der Waals surface area contributed by atoms with Crippen molar-refractivity contribution < 1.29 is 4.79 Å². The van der Waals surface area contributed by atoms with E-state index in [0.717, 1.165) is 6.42 Å². The Kier molecular flexibility index (Phi) is 4.39. The third-order valence-electron chi connectivity index (χ3n) is 0.915. The van der Waals surface area contributed by atoms with Crippen LogP contribution in [-0.2, 0) is 4.79 Å². The molecule has 0 saturated heterocycles. The fourth-order valence-electron chi connectivity index (χ4n) is 0.596. The molecule has 0 radical (unpaired) electrons. The normalized spacial score (nSPS) is 11.1. The van der Waals surface area contributed by atoms with Gasteiger partial charge in [-0.05, 0) is 6.92 Å². The minimum absolute atomic E-state index is 0.0163. The van der Waals surface area contributed by atoms with Crippen LogP contribution in [0.15, 0.2) is 0 Å². The van der Waals surface area contributed by atoms with Crippen molar-refractivity contribution in [2.45, 2.75) is 33.2 Å². The highest BCUT2D eigenvalue weighted by Gasteiger charge is 1.95. The molecular formula is C8H13NO. The molecule has 0 aromatic rings. The molecule has 0 aliphatic rings. The fraction of sp³-hybridized carbons (Fsp3) is 0.625. The Labute approximate surface area is 62.0 Å². The third-order valence-corrected chi connectivity index (χ3v) is 0.915. The maximum Gasteiger partial charge on any atom is 0.217 e. The van der Waals surface area contributed by atoms with E-state index in [1.807, 2.05) is 13.8 Å². The van der Waals surface area contributed by atoms with Gasteiger partial charge in [0.2, 0.25) is 5.91 Å². The summed E-state index contributed by atoms with van der Waals surface area (Å²) in [7, 11) is 0. The monoisotopic (exact) mass is 139 g/mol. The van der Waals surface area contributed by atoms with Crippen molar-refractivity contribution in [1.82, 2.24) is 5.32 Å². The highest BCUT2D eigenvalue weighted by molar-refractivity contribution is 5.73. The smallest absolute Gasteiger partial charge is 0.217 e. The summed E-state index contributed by atoms with van der Waals surface area (Å²) in [6.07, 6.45) is 0.837. The predicted molar refractivity (Wildman–Crippen MR) is 41.3 cm³/mol. The van der Waals surface area contributed by atoms with Crippen molar-refractivity contribution in [3.63, 3.8) is 0 Å². The lowest BCUT2D eigenvalue weighted by atomic mass is 10.3. The Morgan fingerprint density at radius 1 is 1.70 bits per heavy atom. The zero-order valence-corrected chi connectivity index (χ0v) is 6.69. The second-order valence-electron chi connectivity index (χ2n) is 2.10. The Balaban J connectivity index is 3.63. The van der Waals surface area contributed by atoms with Crippen LogP contribution in [0.4, 0.5) is 0 Å². The number of rotatable bonds is 1. The summed E-state index contributed by atoms with van der Waals surface area (Å²) in [5.74, 6) is 5.74. The second kappa shape index (κ2) is 4.87. The fourth-order valence-corrected chi connectivity index (χ4v) is 0.596. The van der Waals surface area contributed by atoms with Crippen molar-refractivity contribution >= 4 is 5.91 Å². The van der Waals surface area contributed by atoms with E-state index in [1.54, 1.807) is 0 Å². The maximum absolute atomic E-state index is 10.4. The summed E-state index contributed by atoms with van der Waals surface area (Å²) in [4.78, 5) is 10.4. The number of carbonyl (C=O) groups excluding carboxylic acids is 1. The first-order valence-corrected chi connectivity index (χ1v) is 3.42. The van der Waals surface area contributed by atoms with Gasteiger partial charge in [0.15, 0.2) is 0 Å². The molecule has 56 valence electrons. The Morgan fingerprint density at radius 2 is 2.30 bits per heavy atom. The van der Waals surface area contributed by atoms with Gasteiger partial charge in [-0.15, -0.1) is 5.92 Å². The summed E-state index contributed by atoms with van der Waals surface area (Å²) < 4.78 is 0. The summed E-state index contributed by atoms with van der Waals surface area (Å²) in [6.45, 7) is 5.33.